The van der Waals surface area contributed by atoms with Gasteiger partial charge in [-0.1, -0.05) is 11.6 Å². The zero-order chi connectivity index (χ0) is 15.8. The van der Waals surface area contributed by atoms with Crippen LogP contribution in [0.15, 0.2) is 6.33 Å². The molecule has 0 amide bonds. The predicted octanol–water partition coefficient (Wildman–Crippen LogP) is 2.76. The number of rotatable bonds is 2. The molecule has 2 aromatic heterocycles. The minimum Gasteiger partial charge on any atom is -0.378 e. The standard InChI is InChI=1S/C15H18ClFN4O2/c16-14-11(17)13(20-4-7-22-8-5-20)12-15(19-14)21(9-18-12)10-3-1-2-6-23-10/h9-10H,1-8H2. The first-order chi connectivity index (χ1) is 11.3. The normalized spacial score (nSPS) is 22.7. The molecule has 2 saturated heterocycles. The minimum atomic E-state index is -0.518. The van der Waals surface area contributed by atoms with Crippen molar-refractivity contribution in [2.24, 2.45) is 0 Å². The predicted molar refractivity (Wildman–Crippen MR) is 84.4 cm³/mol. The molecule has 1 unspecified atom stereocenters. The largest absolute Gasteiger partial charge is 0.378 e. The van der Waals surface area contributed by atoms with Crippen LogP contribution in [-0.2, 0) is 9.47 Å². The number of halogens is 2. The lowest BCUT2D eigenvalue weighted by atomic mass is 10.2. The van der Waals surface area contributed by atoms with Gasteiger partial charge < -0.3 is 14.4 Å². The maximum Gasteiger partial charge on any atom is 0.186 e. The van der Waals surface area contributed by atoms with E-state index in [0.29, 0.717) is 43.2 Å². The summed E-state index contributed by atoms with van der Waals surface area (Å²) in [5.41, 5.74) is 1.52. The fourth-order valence-corrected chi connectivity index (χ4v) is 3.38. The van der Waals surface area contributed by atoms with Crippen molar-refractivity contribution in [1.29, 1.82) is 0 Å². The second kappa shape index (κ2) is 6.22. The van der Waals surface area contributed by atoms with Crippen molar-refractivity contribution in [2.45, 2.75) is 25.5 Å². The minimum absolute atomic E-state index is 0.111. The Labute approximate surface area is 138 Å². The number of anilines is 1. The molecule has 124 valence electrons. The summed E-state index contributed by atoms with van der Waals surface area (Å²) in [6, 6.07) is 0. The SMILES string of the molecule is Fc1c(Cl)nc2c(ncn2C2CCCCO2)c1N1CCOCC1. The zero-order valence-corrected chi connectivity index (χ0v) is 13.4. The van der Waals surface area contributed by atoms with Gasteiger partial charge in [0, 0.05) is 19.7 Å². The monoisotopic (exact) mass is 340 g/mol. The Balaban J connectivity index is 1.82. The van der Waals surface area contributed by atoms with E-state index in [2.05, 4.69) is 9.97 Å². The summed E-state index contributed by atoms with van der Waals surface area (Å²) in [7, 11) is 0. The highest BCUT2D eigenvalue weighted by molar-refractivity contribution is 6.30. The molecule has 0 saturated carbocycles. The summed E-state index contributed by atoms with van der Waals surface area (Å²) in [4.78, 5) is 10.6. The van der Waals surface area contributed by atoms with Gasteiger partial charge in [-0.05, 0) is 19.3 Å². The van der Waals surface area contributed by atoms with Gasteiger partial charge in [-0.3, -0.25) is 4.57 Å². The van der Waals surface area contributed by atoms with Crippen LogP contribution in [0.2, 0.25) is 5.15 Å². The molecule has 0 aliphatic carbocycles. The molecule has 0 aromatic carbocycles. The van der Waals surface area contributed by atoms with Gasteiger partial charge in [0.25, 0.3) is 0 Å². The lowest BCUT2D eigenvalue weighted by Crippen LogP contribution is -2.37. The van der Waals surface area contributed by atoms with Crippen molar-refractivity contribution in [2.75, 3.05) is 37.8 Å². The van der Waals surface area contributed by atoms with Crippen molar-refractivity contribution in [1.82, 2.24) is 14.5 Å². The summed E-state index contributed by atoms with van der Waals surface area (Å²) in [6.45, 7) is 3.06. The molecule has 23 heavy (non-hydrogen) atoms. The van der Waals surface area contributed by atoms with Crippen molar-refractivity contribution in [3.63, 3.8) is 0 Å². The van der Waals surface area contributed by atoms with Gasteiger partial charge >= 0.3 is 0 Å². The Morgan fingerprint density at radius 3 is 2.78 bits per heavy atom. The Kier molecular flexibility index (Phi) is 4.09. The van der Waals surface area contributed by atoms with E-state index in [4.69, 9.17) is 21.1 Å². The van der Waals surface area contributed by atoms with Crippen LogP contribution in [0.25, 0.3) is 11.2 Å². The molecule has 4 rings (SSSR count). The number of hydrogen-bond donors (Lipinski definition) is 0. The number of fused-ring (bicyclic) bond motifs is 1. The molecular formula is C15H18ClFN4O2. The van der Waals surface area contributed by atoms with Gasteiger partial charge in [-0.2, -0.15) is 0 Å². The first-order valence-electron chi connectivity index (χ1n) is 7.91. The quantitative estimate of drug-likeness (QED) is 0.787. The van der Waals surface area contributed by atoms with Gasteiger partial charge in [-0.15, -0.1) is 0 Å². The van der Waals surface area contributed by atoms with Gasteiger partial charge in [0.05, 0.1) is 19.5 Å². The molecule has 4 heterocycles. The first kappa shape index (κ1) is 15.1. The van der Waals surface area contributed by atoms with Gasteiger partial charge in [0.15, 0.2) is 16.6 Å². The van der Waals surface area contributed by atoms with Crippen LogP contribution in [0.3, 0.4) is 0 Å². The third-order valence-electron chi connectivity index (χ3n) is 4.38. The molecule has 6 nitrogen and oxygen atoms in total. The molecule has 0 spiro atoms. The van der Waals surface area contributed by atoms with Crippen LogP contribution < -0.4 is 4.90 Å². The van der Waals surface area contributed by atoms with E-state index in [1.807, 2.05) is 9.47 Å². The number of pyridine rings is 1. The highest BCUT2D eigenvalue weighted by Crippen LogP contribution is 2.34. The van der Waals surface area contributed by atoms with Crippen LogP contribution in [0.1, 0.15) is 25.5 Å². The molecule has 2 aromatic rings. The smallest absolute Gasteiger partial charge is 0.186 e. The molecule has 8 heteroatoms. The van der Waals surface area contributed by atoms with Crippen LogP contribution in [0, 0.1) is 5.82 Å². The Bertz CT molecular complexity index is 711. The van der Waals surface area contributed by atoms with Crippen LogP contribution in [-0.4, -0.2) is 47.4 Å². The number of morpholine rings is 1. The molecule has 0 radical (unpaired) electrons. The van der Waals surface area contributed by atoms with Crippen molar-refractivity contribution in [3.8, 4) is 0 Å². The maximum atomic E-state index is 14.6. The first-order valence-corrected chi connectivity index (χ1v) is 8.29. The highest BCUT2D eigenvalue weighted by atomic mass is 35.5. The fraction of sp³-hybridized carbons (Fsp3) is 0.600. The zero-order valence-electron chi connectivity index (χ0n) is 12.7. The molecule has 2 fully saturated rings. The van der Waals surface area contributed by atoms with E-state index >= 15 is 0 Å². The van der Waals surface area contributed by atoms with E-state index in [0.717, 1.165) is 25.9 Å². The second-order valence-electron chi connectivity index (χ2n) is 5.81. The number of ether oxygens (including phenoxy) is 2. The number of hydrogen-bond acceptors (Lipinski definition) is 5. The van der Waals surface area contributed by atoms with Crippen LogP contribution in [0.5, 0.6) is 0 Å². The van der Waals surface area contributed by atoms with E-state index in [1.54, 1.807) is 6.33 Å². The highest BCUT2D eigenvalue weighted by Gasteiger charge is 2.26. The lowest BCUT2D eigenvalue weighted by molar-refractivity contribution is -0.0298. The van der Waals surface area contributed by atoms with E-state index < -0.39 is 5.82 Å². The molecule has 2 aliphatic rings. The molecule has 2 aliphatic heterocycles. The summed E-state index contributed by atoms with van der Waals surface area (Å²) in [5.74, 6) is -0.518. The Hall–Kier alpha value is -1.44. The summed E-state index contributed by atoms with van der Waals surface area (Å²) >= 11 is 6.05. The van der Waals surface area contributed by atoms with E-state index in [9.17, 15) is 4.39 Å². The summed E-state index contributed by atoms with van der Waals surface area (Å²) in [5, 5.41) is -0.128. The average Bonchev–Trinajstić information content (AvgIpc) is 3.00. The number of aromatic nitrogens is 3. The third kappa shape index (κ3) is 2.66. The molecular weight excluding hydrogens is 323 g/mol. The third-order valence-corrected chi connectivity index (χ3v) is 4.63. The maximum absolute atomic E-state index is 14.6. The van der Waals surface area contributed by atoms with E-state index in [1.165, 1.54) is 0 Å². The summed E-state index contributed by atoms with van der Waals surface area (Å²) < 4.78 is 27.6. The summed E-state index contributed by atoms with van der Waals surface area (Å²) in [6.07, 6.45) is 4.61. The fourth-order valence-electron chi connectivity index (χ4n) is 3.21. The number of imidazole rings is 1. The Morgan fingerprint density at radius 1 is 1.22 bits per heavy atom. The van der Waals surface area contributed by atoms with Gasteiger partial charge in [0.1, 0.15) is 17.4 Å². The van der Waals surface area contributed by atoms with E-state index in [-0.39, 0.29) is 11.4 Å². The molecule has 0 N–H and O–H groups in total. The number of nitrogens with zero attached hydrogens (tertiary/aromatic N) is 4. The van der Waals surface area contributed by atoms with Crippen molar-refractivity contribution >= 4 is 28.5 Å². The topological polar surface area (TPSA) is 52.4 Å². The van der Waals surface area contributed by atoms with Crippen molar-refractivity contribution < 1.29 is 13.9 Å². The van der Waals surface area contributed by atoms with Crippen molar-refractivity contribution in [3.05, 3.63) is 17.3 Å². The molecule has 0 bridgehead atoms. The lowest BCUT2D eigenvalue weighted by Gasteiger charge is -2.29. The van der Waals surface area contributed by atoms with Crippen LogP contribution in [0.4, 0.5) is 10.1 Å². The van der Waals surface area contributed by atoms with Crippen LogP contribution >= 0.6 is 11.6 Å². The second-order valence-corrected chi connectivity index (χ2v) is 6.17. The average molecular weight is 341 g/mol. The van der Waals surface area contributed by atoms with Gasteiger partial charge in [0.2, 0.25) is 0 Å². The Morgan fingerprint density at radius 2 is 2.04 bits per heavy atom. The molecule has 1 atom stereocenters. The van der Waals surface area contributed by atoms with Gasteiger partial charge in [-0.25, -0.2) is 14.4 Å².